The monoisotopic (exact) mass is 523 g/mol. The zero-order valence-electron chi connectivity index (χ0n) is 19.4. The maximum Gasteiger partial charge on any atom is 0.0702 e. The van der Waals surface area contributed by atoms with E-state index in [0.29, 0.717) is 5.92 Å². The summed E-state index contributed by atoms with van der Waals surface area (Å²) in [7, 11) is 0. The SMILES string of the molecule is C=C(/C(I)=C\C1Cc2ccc3ccccc3c2C1(C)C)C1C=C(C(C)(C)CC)C=CN1. The summed E-state index contributed by atoms with van der Waals surface area (Å²) in [5, 5.41) is 6.26. The molecular weight excluding hydrogens is 489 g/mol. The molecule has 0 aromatic heterocycles. The number of allylic oxidation sites excluding steroid dienone is 3. The van der Waals surface area contributed by atoms with Crippen LogP contribution in [0.4, 0.5) is 0 Å². The molecule has 0 bridgehead atoms. The molecule has 2 heteroatoms. The Morgan fingerprint density at radius 1 is 1.23 bits per heavy atom. The van der Waals surface area contributed by atoms with E-state index in [2.05, 4.69) is 130 Å². The molecule has 2 aliphatic rings. The topological polar surface area (TPSA) is 12.0 Å². The van der Waals surface area contributed by atoms with Crippen LogP contribution in [0.25, 0.3) is 10.8 Å². The van der Waals surface area contributed by atoms with Crippen LogP contribution in [0.1, 0.15) is 52.2 Å². The van der Waals surface area contributed by atoms with Crippen molar-refractivity contribution in [3.05, 3.63) is 93.3 Å². The first-order chi connectivity index (χ1) is 14.6. The van der Waals surface area contributed by atoms with Crippen molar-refractivity contribution in [2.75, 3.05) is 0 Å². The normalized spacial score (nSPS) is 22.8. The standard InChI is InChI=1S/C29H34IN/c1-7-28(3,4)22-14-15-31-26(18-22)19(2)25(30)17-23-16-21-13-12-20-10-8-9-11-24(20)27(21)29(23,5)6/h8-15,17-18,23,26,31H,2,7,16H2,1,3-6H3/b25-17+. The van der Waals surface area contributed by atoms with E-state index < -0.39 is 0 Å². The lowest BCUT2D eigenvalue weighted by molar-refractivity contribution is 0.420. The molecule has 0 saturated heterocycles. The second kappa shape index (κ2) is 8.27. The second-order valence-corrected chi connectivity index (χ2v) is 11.4. The van der Waals surface area contributed by atoms with Gasteiger partial charge in [0.05, 0.1) is 6.04 Å². The highest BCUT2D eigenvalue weighted by atomic mass is 127. The number of benzene rings is 2. The van der Waals surface area contributed by atoms with E-state index in [4.69, 9.17) is 0 Å². The molecule has 1 aliphatic carbocycles. The molecule has 4 rings (SSSR count). The van der Waals surface area contributed by atoms with Crippen LogP contribution in [0.5, 0.6) is 0 Å². The van der Waals surface area contributed by atoms with E-state index in [1.54, 1.807) is 0 Å². The molecular formula is C29H34IN. The summed E-state index contributed by atoms with van der Waals surface area (Å²) in [5.41, 5.74) is 5.84. The minimum atomic E-state index is 0.0952. The quantitative estimate of drug-likeness (QED) is 0.309. The Balaban J connectivity index is 1.62. The summed E-state index contributed by atoms with van der Waals surface area (Å²) in [6.45, 7) is 16.2. The third kappa shape index (κ3) is 4.04. The Morgan fingerprint density at radius 3 is 2.71 bits per heavy atom. The fraction of sp³-hybridized carbons (Fsp3) is 0.379. The molecule has 1 heterocycles. The smallest absolute Gasteiger partial charge is 0.0702 e. The van der Waals surface area contributed by atoms with Gasteiger partial charge in [-0.15, -0.1) is 0 Å². The lowest BCUT2D eigenvalue weighted by atomic mass is 9.76. The first-order valence-electron chi connectivity index (χ1n) is 11.4. The molecule has 2 atom stereocenters. The van der Waals surface area contributed by atoms with Crippen LogP contribution in [-0.2, 0) is 11.8 Å². The van der Waals surface area contributed by atoms with Crippen LogP contribution in [0.15, 0.2) is 82.1 Å². The van der Waals surface area contributed by atoms with Gasteiger partial charge in [0.2, 0.25) is 0 Å². The van der Waals surface area contributed by atoms with Gasteiger partial charge in [-0.3, -0.25) is 0 Å². The van der Waals surface area contributed by atoms with Crippen molar-refractivity contribution >= 4 is 33.4 Å². The number of halogens is 1. The third-order valence-electron chi connectivity index (χ3n) is 7.61. The third-order valence-corrected chi connectivity index (χ3v) is 8.66. The van der Waals surface area contributed by atoms with Crippen molar-refractivity contribution in [3.8, 4) is 0 Å². The lowest BCUT2D eigenvalue weighted by Crippen LogP contribution is -2.30. The van der Waals surface area contributed by atoms with Gasteiger partial charge < -0.3 is 5.32 Å². The molecule has 2 unspecified atom stereocenters. The van der Waals surface area contributed by atoms with Crippen LogP contribution in [0, 0.1) is 11.3 Å². The summed E-state index contributed by atoms with van der Waals surface area (Å²) < 4.78 is 1.27. The van der Waals surface area contributed by atoms with Crippen LogP contribution in [0.2, 0.25) is 0 Å². The number of rotatable bonds is 5. The molecule has 1 aliphatic heterocycles. The van der Waals surface area contributed by atoms with Gasteiger partial charge in [0.15, 0.2) is 0 Å². The molecule has 0 radical (unpaired) electrons. The van der Waals surface area contributed by atoms with Crippen molar-refractivity contribution in [3.63, 3.8) is 0 Å². The summed E-state index contributed by atoms with van der Waals surface area (Å²) in [5.74, 6) is 0.464. The molecule has 0 amide bonds. The number of hydrogen-bond acceptors (Lipinski definition) is 1. The van der Waals surface area contributed by atoms with Gasteiger partial charge in [-0.2, -0.15) is 0 Å². The van der Waals surface area contributed by atoms with Crippen LogP contribution >= 0.6 is 22.6 Å². The zero-order valence-corrected chi connectivity index (χ0v) is 21.6. The molecule has 162 valence electrons. The average molecular weight is 524 g/mol. The highest BCUT2D eigenvalue weighted by Crippen LogP contribution is 2.48. The Kier molecular flexibility index (Phi) is 5.97. The Morgan fingerprint density at radius 2 is 1.97 bits per heavy atom. The molecule has 2 aromatic rings. The number of dihydropyridines is 1. The van der Waals surface area contributed by atoms with Crippen LogP contribution < -0.4 is 5.32 Å². The first kappa shape index (κ1) is 22.4. The van der Waals surface area contributed by atoms with Gasteiger partial charge in [-0.25, -0.2) is 0 Å². The minimum Gasteiger partial charge on any atom is -0.381 e. The fourth-order valence-corrected chi connectivity index (χ4v) is 5.78. The predicted molar refractivity (Wildman–Crippen MR) is 144 cm³/mol. The van der Waals surface area contributed by atoms with Crippen molar-refractivity contribution in [1.29, 1.82) is 0 Å². The van der Waals surface area contributed by atoms with Gasteiger partial charge in [0.1, 0.15) is 0 Å². The van der Waals surface area contributed by atoms with E-state index >= 15 is 0 Å². The Bertz CT molecular complexity index is 1110. The first-order valence-corrected chi connectivity index (χ1v) is 12.5. The van der Waals surface area contributed by atoms with Gasteiger partial charge in [0, 0.05) is 3.58 Å². The molecule has 0 saturated carbocycles. The van der Waals surface area contributed by atoms with E-state index in [-0.39, 0.29) is 16.9 Å². The van der Waals surface area contributed by atoms with Crippen molar-refractivity contribution in [2.24, 2.45) is 11.3 Å². The molecule has 31 heavy (non-hydrogen) atoms. The summed E-state index contributed by atoms with van der Waals surface area (Å²) in [4.78, 5) is 0. The van der Waals surface area contributed by atoms with Crippen molar-refractivity contribution in [1.82, 2.24) is 5.32 Å². The largest absolute Gasteiger partial charge is 0.381 e. The average Bonchev–Trinajstić information content (AvgIpc) is 3.03. The van der Waals surface area contributed by atoms with Gasteiger partial charge >= 0.3 is 0 Å². The van der Waals surface area contributed by atoms with Gasteiger partial charge in [-0.1, -0.05) is 89.7 Å². The number of fused-ring (bicyclic) bond motifs is 3. The predicted octanol–water partition coefficient (Wildman–Crippen LogP) is 8.01. The Labute approximate surface area is 201 Å². The molecule has 2 aromatic carbocycles. The number of nitrogens with one attached hydrogen (secondary N) is 1. The van der Waals surface area contributed by atoms with E-state index in [1.807, 2.05) is 0 Å². The highest BCUT2D eigenvalue weighted by molar-refractivity contribution is 14.1. The van der Waals surface area contributed by atoms with Crippen LogP contribution in [0.3, 0.4) is 0 Å². The lowest BCUT2D eigenvalue weighted by Gasteiger charge is -2.31. The van der Waals surface area contributed by atoms with E-state index in [0.717, 1.165) is 18.4 Å². The van der Waals surface area contributed by atoms with E-state index in [9.17, 15) is 0 Å². The van der Waals surface area contributed by atoms with Gasteiger partial charge in [-0.05, 0) is 97.5 Å². The minimum absolute atomic E-state index is 0.0952. The molecule has 0 fully saturated rings. The van der Waals surface area contributed by atoms with Gasteiger partial charge in [0.25, 0.3) is 0 Å². The molecule has 1 nitrogen and oxygen atoms in total. The second-order valence-electron chi connectivity index (χ2n) is 10.2. The Hall–Kier alpha value is -1.81. The maximum absolute atomic E-state index is 4.49. The van der Waals surface area contributed by atoms with Crippen molar-refractivity contribution in [2.45, 2.75) is 58.9 Å². The fourth-order valence-electron chi connectivity index (χ4n) is 5.01. The highest BCUT2D eigenvalue weighted by Gasteiger charge is 2.39. The number of hydrogen-bond donors (Lipinski definition) is 1. The van der Waals surface area contributed by atoms with E-state index in [1.165, 1.54) is 31.1 Å². The molecule has 0 spiro atoms. The summed E-state index contributed by atoms with van der Waals surface area (Å²) in [6, 6.07) is 13.6. The maximum atomic E-state index is 4.49. The summed E-state index contributed by atoms with van der Waals surface area (Å²) >= 11 is 2.50. The molecule has 1 N–H and O–H groups in total. The summed E-state index contributed by atoms with van der Waals surface area (Å²) in [6.07, 6.45) is 11.4. The van der Waals surface area contributed by atoms with Crippen LogP contribution in [-0.4, -0.2) is 6.04 Å². The zero-order chi connectivity index (χ0) is 22.4. The van der Waals surface area contributed by atoms with Crippen molar-refractivity contribution < 1.29 is 0 Å².